The van der Waals surface area contributed by atoms with Gasteiger partial charge in [0.1, 0.15) is 5.75 Å². The highest BCUT2D eigenvalue weighted by Crippen LogP contribution is 2.30. The molecule has 108 valence electrons. The van der Waals surface area contributed by atoms with Gasteiger partial charge in [-0.15, -0.1) is 10.2 Å². The number of halogens is 2. The van der Waals surface area contributed by atoms with Crippen LogP contribution < -0.4 is 4.74 Å². The van der Waals surface area contributed by atoms with E-state index in [2.05, 4.69) is 31.2 Å². The average molecular weight is 368 g/mol. The molecule has 2 heterocycles. The first-order valence-electron chi connectivity index (χ1n) is 6.25. The maximum atomic E-state index is 6.17. The third-order valence-corrected chi connectivity index (χ3v) is 4.42. The Kier molecular flexibility index (Phi) is 3.59. The van der Waals surface area contributed by atoms with Gasteiger partial charge in [-0.2, -0.15) is 9.61 Å². The first-order chi connectivity index (χ1) is 10.0. The maximum Gasteiger partial charge on any atom is 0.185 e. The molecule has 0 fully saturated rings. The number of aryl methyl sites for hydroxylation is 1. The standard InChI is InChI=1S/C14H12BrClN4O/c1-7-8(2)13-17-18-14(20(13)19-12(7)16)9-4-5-11(21-3)10(15)6-9/h4-6H,1-3H3. The van der Waals surface area contributed by atoms with Gasteiger partial charge in [0.2, 0.25) is 0 Å². The summed E-state index contributed by atoms with van der Waals surface area (Å²) >= 11 is 9.64. The van der Waals surface area contributed by atoms with Crippen LogP contribution in [0.5, 0.6) is 5.75 Å². The monoisotopic (exact) mass is 366 g/mol. The van der Waals surface area contributed by atoms with E-state index in [-0.39, 0.29) is 0 Å². The highest BCUT2D eigenvalue weighted by molar-refractivity contribution is 9.10. The summed E-state index contributed by atoms with van der Waals surface area (Å²) in [6.45, 7) is 3.88. The Labute approximate surface area is 135 Å². The van der Waals surface area contributed by atoms with Crippen LogP contribution in [0.3, 0.4) is 0 Å². The van der Waals surface area contributed by atoms with Crippen LogP contribution in [0.25, 0.3) is 17.0 Å². The molecule has 3 aromatic rings. The minimum Gasteiger partial charge on any atom is -0.496 e. The number of ether oxygens (including phenoxy) is 1. The molecule has 3 rings (SSSR count). The summed E-state index contributed by atoms with van der Waals surface area (Å²) in [5.74, 6) is 1.39. The Morgan fingerprint density at radius 3 is 2.62 bits per heavy atom. The fourth-order valence-electron chi connectivity index (χ4n) is 2.08. The van der Waals surface area contributed by atoms with Crippen LogP contribution in [0, 0.1) is 13.8 Å². The summed E-state index contributed by atoms with van der Waals surface area (Å²) < 4.78 is 7.74. The van der Waals surface area contributed by atoms with Crippen molar-refractivity contribution in [1.29, 1.82) is 0 Å². The SMILES string of the molecule is COc1ccc(-c2nnc3c(C)c(C)c(Cl)nn23)cc1Br. The normalized spacial score (nSPS) is 11.1. The quantitative estimate of drug-likeness (QED) is 0.691. The molecule has 5 nitrogen and oxygen atoms in total. The van der Waals surface area contributed by atoms with Crippen molar-refractivity contribution in [3.8, 4) is 17.1 Å². The Balaban J connectivity index is 2.24. The summed E-state index contributed by atoms with van der Waals surface area (Å²) in [5, 5.41) is 13.3. The van der Waals surface area contributed by atoms with Crippen LogP contribution in [0.2, 0.25) is 5.15 Å². The van der Waals surface area contributed by atoms with Crippen LogP contribution in [0.1, 0.15) is 11.1 Å². The topological polar surface area (TPSA) is 52.3 Å². The fraction of sp³-hybridized carbons (Fsp3) is 0.214. The van der Waals surface area contributed by atoms with Gasteiger partial charge in [-0.25, -0.2) is 0 Å². The smallest absolute Gasteiger partial charge is 0.185 e. The highest BCUT2D eigenvalue weighted by atomic mass is 79.9. The summed E-state index contributed by atoms with van der Waals surface area (Å²) in [5.41, 5.74) is 3.47. The molecule has 0 saturated heterocycles. The van der Waals surface area contributed by atoms with Gasteiger partial charge >= 0.3 is 0 Å². The lowest BCUT2D eigenvalue weighted by Crippen LogP contribution is -2.00. The van der Waals surface area contributed by atoms with E-state index in [4.69, 9.17) is 16.3 Å². The van der Waals surface area contributed by atoms with Crippen molar-refractivity contribution in [3.05, 3.63) is 39.0 Å². The van der Waals surface area contributed by atoms with E-state index in [0.29, 0.717) is 16.6 Å². The van der Waals surface area contributed by atoms with E-state index in [0.717, 1.165) is 26.9 Å². The van der Waals surface area contributed by atoms with Gasteiger partial charge in [-0.3, -0.25) is 0 Å². The molecular weight excluding hydrogens is 356 g/mol. The molecule has 0 atom stereocenters. The van der Waals surface area contributed by atoms with Gasteiger partial charge in [-0.05, 0) is 53.5 Å². The first-order valence-corrected chi connectivity index (χ1v) is 7.42. The van der Waals surface area contributed by atoms with Gasteiger partial charge in [0.15, 0.2) is 16.6 Å². The zero-order valence-corrected chi connectivity index (χ0v) is 14.0. The third-order valence-electron chi connectivity index (χ3n) is 3.45. The molecule has 0 aliphatic heterocycles. The van der Waals surface area contributed by atoms with E-state index >= 15 is 0 Å². The van der Waals surface area contributed by atoms with Crippen molar-refractivity contribution < 1.29 is 4.74 Å². The second kappa shape index (κ2) is 5.27. The van der Waals surface area contributed by atoms with Crippen molar-refractivity contribution in [1.82, 2.24) is 19.8 Å². The lowest BCUT2D eigenvalue weighted by Gasteiger charge is -2.07. The minimum absolute atomic E-state index is 0.452. The molecule has 7 heteroatoms. The third kappa shape index (κ3) is 2.28. The summed E-state index contributed by atoms with van der Waals surface area (Å²) in [4.78, 5) is 0. The van der Waals surface area contributed by atoms with Crippen LogP contribution in [0.15, 0.2) is 22.7 Å². The van der Waals surface area contributed by atoms with E-state index in [1.807, 2.05) is 32.0 Å². The number of fused-ring (bicyclic) bond motifs is 1. The van der Waals surface area contributed by atoms with Crippen LogP contribution in [0.4, 0.5) is 0 Å². The average Bonchev–Trinajstić information content (AvgIpc) is 2.88. The van der Waals surface area contributed by atoms with Crippen molar-refractivity contribution in [2.45, 2.75) is 13.8 Å². The molecule has 0 radical (unpaired) electrons. The molecule has 0 aliphatic carbocycles. The Morgan fingerprint density at radius 2 is 1.95 bits per heavy atom. The number of aromatic nitrogens is 4. The number of rotatable bonds is 2. The Morgan fingerprint density at radius 1 is 1.19 bits per heavy atom. The number of nitrogens with zero attached hydrogens (tertiary/aromatic N) is 4. The van der Waals surface area contributed by atoms with E-state index in [9.17, 15) is 0 Å². The molecule has 0 aliphatic rings. The zero-order valence-electron chi connectivity index (χ0n) is 11.7. The second-order valence-corrected chi connectivity index (χ2v) is 5.86. The van der Waals surface area contributed by atoms with E-state index in [1.165, 1.54) is 0 Å². The van der Waals surface area contributed by atoms with Gasteiger partial charge in [0, 0.05) is 11.1 Å². The largest absolute Gasteiger partial charge is 0.496 e. The van der Waals surface area contributed by atoms with Crippen LogP contribution in [-0.2, 0) is 0 Å². The summed E-state index contributed by atoms with van der Waals surface area (Å²) in [6.07, 6.45) is 0. The van der Waals surface area contributed by atoms with Gasteiger partial charge in [-0.1, -0.05) is 11.6 Å². The van der Waals surface area contributed by atoms with Crippen molar-refractivity contribution in [2.24, 2.45) is 0 Å². The summed E-state index contributed by atoms with van der Waals surface area (Å²) in [6, 6.07) is 5.69. The molecule has 0 unspecified atom stereocenters. The molecule has 0 N–H and O–H groups in total. The zero-order chi connectivity index (χ0) is 15.1. The lowest BCUT2D eigenvalue weighted by molar-refractivity contribution is 0.412. The number of benzene rings is 1. The number of methoxy groups -OCH3 is 1. The molecule has 0 bridgehead atoms. The molecular formula is C14H12BrClN4O. The van der Waals surface area contributed by atoms with Crippen LogP contribution in [-0.4, -0.2) is 26.9 Å². The predicted molar refractivity (Wildman–Crippen MR) is 85.0 cm³/mol. The van der Waals surface area contributed by atoms with Crippen molar-refractivity contribution >= 4 is 33.2 Å². The number of hydrogen-bond acceptors (Lipinski definition) is 4. The lowest BCUT2D eigenvalue weighted by atomic mass is 10.2. The molecule has 0 saturated carbocycles. The molecule has 21 heavy (non-hydrogen) atoms. The molecule has 2 aromatic heterocycles. The second-order valence-electron chi connectivity index (χ2n) is 4.65. The Bertz CT molecular complexity index is 847. The predicted octanol–water partition coefficient (Wildman–Crippen LogP) is 3.83. The van der Waals surface area contributed by atoms with Gasteiger partial charge in [0.25, 0.3) is 0 Å². The van der Waals surface area contributed by atoms with Crippen molar-refractivity contribution in [2.75, 3.05) is 7.11 Å². The molecule has 1 aromatic carbocycles. The minimum atomic E-state index is 0.452. The highest BCUT2D eigenvalue weighted by Gasteiger charge is 2.15. The molecule has 0 amide bonds. The van der Waals surface area contributed by atoms with Gasteiger partial charge in [0.05, 0.1) is 11.6 Å². The first kappa shape index (κ1) is 14.3. The summed E-state index contributed by atoms with van der Waals surface area (Å²) in [7, 11) is 1.62. The van der Waals surface area contributed by atoms with Crippen molar-refractivity contribution in [3.63, 3.8) is 0 Å². The molecule has 0 spiro atoms. The fourth-order valence-corrected chi connectivity index (χ4v) is 2.84. The van der Waals surface area contributed by atoms with Crippen LogP contribution >= 0.6 is 27.5 Å². The Hall–Kier alpha value is -1.66. The van der Waals surface area contributed by atoms with Gasteiger partial charge < -0.3 is 4.74 Å². The van der Waals surface area contributed by atoms with E-state index < -0.39 is 0 Å². The maximum absolute atomic E-state index is 6.17. The van der Waals surface area contributed by atoms with E-state index in [1.54, 1.807) is 11.6 Å². The number of hydrogen-bond donors (Lipinski definition) is 0.